The minimum Gasteiger partial charge on any atom is -0.366 e. The number of carbonyl (C=O) groups is 1. The Morgan fingerprint density at radius 3 is 2.03 bits per heavy atom. The first-order chi connectivity index (χ1) is 14.4. The van der Waals surface area contributed by atoms with E-state index in [-0.39, 0.29) is 18.7 Å². The fourth-order valence-electron chi connectivity index (χ4n) is 3.78. The highest BCUT2D eigenvalue weighted by molar-refractivity contribution is 6.06. The van der Waals surface area contributed by atoms with Gasteiger partial charge in [-0.2, -0.15) is 0 Å². The van der Waals surface area contributed by atoms with Crippen molar-refractivity contribution in [2.45, 2.75) is 18.6 Å². The molecule has 0 aliphatic carbocycles. The van der Waals surface area contributed by atoms with Crippen molar-refractivity contribution >= 4 is 17.5 Å². The highest BCUT2D eigenvalue weighted by atomic mass is 19.2. The Labute approximate surface area is 170 Å². The van der Waals surface area contributed by atoms with Gasteiger partial charge in [-0.05, 0) is 12.2 Å². The van der Waals surface area contributed by atoms with Gasteiger partial charge in [0, 0.05) is 31.5 Å². The molecule has 0 N–H and O–H groups in total. The van der Waals surface area contributed by atoms with E-state index in [0.29, 0.717) is 26.1 Å². The number of hydrogen-bond donors (Lipinski definition) is 0. The Hall–Kier alpha value is -2.71. The van der Waals surface area contributed by atoms with E-state index in [0.717, 1.165) is 12.2 Å². The van der Waals surface area contributed by atoms with Gasteiger partial charge < -0.3 is 14.4 Å². The van der Waals surface area contributed by atoms with Gasteiger partial charge in [0.15, 0.2) is 34.8 Å². The van der Waals surface area contributed by atoms with E-state index in [4.69, 9.17) is 9.47 Å². The smallest absolute Gasteiger partial charge is 0.185 e. The minimum atomic E-state index is -1.55. The van der Waals surface area contributed by atoms with E-state index in [2.05, 4.69) is 0 Å². The fraction of sp³-hybridized carbons (Fsp3) is 0.318. The molecule has 2 aromatic carbocycles. The van der Waals surface area contributed by atoms with Crippen molar-refractivity contribution in [3.63, 3.8) is 0 Å². The number of halogens is 4. The monoisotopic (exact) mass is 421 g/mol. The summed E-state index contributed by atoms with van der Waals surface area (Å²) in [5.41, 5.74) is -1.41. The van der Waals surface area contributed by atoms with Gasteiger partial charge in [0.1, 0.15) is 5.69 Å². The molecule has 0 aromatic heterocycles. The molecule has 0 radical (unpaired) electrons. The zero-order valence-electron chi connectivity index (χ0n) is 16.0. The van der Waals surface area contributed by atoms with E-state index in [9.17, 15) is 22.4 Å². The maximum absolute atomic E-state index is 14.7. The van der Waals surface area contributed by atoms with E-state index >= 15 is 0 Å². The molecule has 4 rings (SSSR count). The average Bonchev–Trinajstić information content (AvgIpc) is 3.22. The summed E-state index contributed by atoms with van der Waals surface area (Å²) in [6.07, 6.45) is 2.28. The molecule has 2 saturated heterocycles. The van der Waals surface area contributed by atoms with Crippen LogP contribution in [0.3, 0.4) is 0 Å². The van der Waals surface area contributed by atoms with E-state index in [1.54, 1.807) is 18.2 Å². The Morgan fingerprint density at radius 1 is 0.900 bits per heavy atom. The topological polar surface area (TPSA) is 38.8 Å². The summed E-state index contributed by atoms with van der Waals surface area (Å²) in [6, 6.07) is 7.99. The van der Waals surface area contributed by atoms with Crippen molar-refractivity contribution in [3.05, 3.63) is 70.8 Å². The van der Waals surface area contributed by atoms with Crippen LogP contribution in [0.2, 0.25) is 0 Å². The molecule has 0 atom stereocenters. The van der Waals surface area contributed by atoms with Crippen LogP contribution in [0.1, 0.15) is 28.8 Å². The quantitative estimate of drug-likeness (QED) is 0.316. The van der Waals surface area contributed by atoms with Gasteiger partial charge in [0.25, 0.3) is 0 Å². The van der Waals surface area contributed by atoms with Gasteiger partial charge in [-0.25, -0.2) is 17.6 Å². The van der Waals surface area contributed by atoms with Crippen LogP contribution in [0.5, 0.6) is 0 Å². The largest absolute Gasteiger partial charge is 0.366 e. The van der Waals surface area contributed by atoms with Crippen LogP contribution < -0.4 is 4.90 Å². The molecule has 0 saturated carbocycles. The molecule has 30 heavy (non-hydrogen) atoms. The first-order valence-electron chi connectivity index (χ1n) is 9.58. The summed E-state index contributed by atoms with van der Waals surface area (Å²) < 4.78 is 69.7. The number of nitrogens with zero attached hydrogens (tertiary/aromatic N) is 1. The van der Waals surface area contributed by atoms with Crippen molar-refractivity contribution in [3.8, 4) is 0 Å². The summed E-state index contributed by atoms with van der Waals surface area (Å²) in [5.74, 6) is -7.42. The summed E-state index contributed by atoms with van der Waals surface area (Å²) in [5, 5.41) is 0. The summed E-state index contributed by atoms with van der Waals surface area (Å²) in [4.78, 5) is 13.3. The molecule has 0 unspecified atom stereocenters. The molecule has 2 fully saturated rings. The molecule has 2 aliphatic heterocycles. The number of carbonyl (C=O) groups excluding carboxylic acids is 1. The number of anilines is 1. The highest BCUT2D eigenvalue weighted by Crippen LogP contribution is 2.37. The van der Waals surface area contributed by atoms with Crippen molar-refractivity contribution in [1.82, 2.24) is 0 Å². The number of ketones is 1. The normalized spacial score (nSPS) is 18.5. The van der Waals surface area contributed by atoms with Crippen LogP contribution in [0.4, 0.5) is 23.2 Å². The summed E-state index contributed by atoms with van der Waals surface area (Å²) in [7, 11) is 0. The van der Waals surface area contributed by atoms with Crippen LogP contribution in [-0.4, -0.2) is 37.9 Å². The summed E-state index contributed by atoms with van der Waals surface area (Å²) >= 11 is 0. The number of benzene rings is 2. The average molecular weight is 421 g/mol. The molecule has 0 bridgehead atoms. The zero-order valence-corrected chi connectivity index (χ0v) is 16.0. The van der Waals surface area contributed by atoms with E-state index in [1.165, 1.54) is 17.0 Å². The molecule has 1 spiro atoms. The van der Waals surface area contributed by atoms with Crippen molar-refractivity contribution in [2.24, 2.45) is 0 Å². The van der Waals surface area contributed by atoms with Gasteiger partial charge in [-0.15, -0.1) is 0 Å². The number of allylic oxidation sites excluding steroid dienone is 1. The lowest BCUT2D eigenvalue weighted by atomic mass is 10.0. The first-order valence-corrected chi connectivity index (χ1v) is 9.58. The molecular weight excluding hydrogens is 402 g/mol. The van der Waals surface area contributed by atoms with E-state index in [1.807, 2.05) is 0 Å². The van der Waals surface area contributed by atoms with Crippen LogP contribution >= 0.6 is 0 Å². The lowest BCUT2D eigenvalue weighted by molar-refractivity contribution is -0.169. The highest BCUT2D eigenvalue weighted by Gasteiger charge is 2.41. The predicted molar refractivity (Wildman–Crippen MR) is 102 cm³/mol. The third kappa shape index (κ3) is 3.73. The first kappa shape index (κ1) is 20.6. The SMILES string of the molecule is O=C(C=Cc1c(F)c(F)c(N2CCC3(CC2)OCCO3)c(F)c1F)c1ccccc1. The van der Waals surface area contributed by atoms with Crippen LogP contribution in [0.25, 0.3) is 6.08 Å². The second kappa shape index (κ2) is 8.20. The van der Waals surface area contributed by atoms with Crippen LogP contribution in [-0.2, 0) is 9.47 Å². The molecule has 0 amide bonds. The zero-order chi connectivity index (χ0) is 21.3. The van der Waals surface area contributed by atoms with Gasteiger partial charge >= 0.3 is 0 Å². The van der Waals surface area contributed by atoms with Gasteiger partial charge in [0.05, 0.1) is 18.8 Å². The lowest BCUT2D eigenvalue weighted by Crippen LogP contribution is -2.45. The molecule has 2 heterocycles. The minimum absolute atomic E-state index is 0.119. The summed E-state index contributed by atoms with van der Waals surface area (Å²) in [6.45, 7) is 1.12. The molecule has 2 aromatic rings. The predicted octanol–water partition coefficient (Wildman–Crippen LogP) is 4.48. The Bertz CT molecular complexity index is 949. The van der Waals surface area contributed by atoms with Crippen LogP contribution in [0, 0.1) is 23.3 Å². The lowest BCUT2D eigenvalue weighted by Gasteiger charge is -2.38. The van der Waals surface area contributed by atoms with Crippen molar-refractivity contribution in [1.29, 1.82) is 0 Å². The number of ether oxygens (including phenoxy) is 2. The number of hydrogen-bond acceptors (Lipinski definition) is 4. The molecule has 158 valence electrons. The number of piperidine rings is 1. The number of rotatable bonds is 4. The van der Waals surface area contributed by atoms with Crippen molar-refractivity contribution in [2.75, 3.05) is 31.2 Å². The molecule has 8 heteroatoms. The van der Waals surface area contributed by atoms with Gasteiger partial charge in [-0.3, -0.25) is 4.79 Å². The van der Waals surface area contributed by atoms with Crippen LogP contribution in [0.15, 0.2) is 36.4 Å². The second-order valence-electron chi connectivity index (χ2n) is 7.18. The molecule has 4 nitrogen and oxygen atoms in total. The van der Waals surface area contributed by atoms with Gasteiger partial charge in [0.2, 0.25) is 0 Å². The maximum Gasteiger partial charge on any atom is 0.185 e. The maximum atomic E-state index is 14.7. The molecular formula is C22H19F4NO3. The Balaban J connectivity index is 1.59. The molecule has 2 aliphatic rings. The Kier molecular flexibility index (Phi) is 5.62. The van der Waals surface area contributed by atoms with E-state index < -0.39 is 46.1 Å². The van der Waals surface area contributed by atoms with Crippen molar-refractivity contribution < 1.29 is 31.8 Å². The van der Waals surface area contributed by atoms with Gasteiger partial charge in [-0.1, -0.05) is 30.3 Å². The standard InChI is InChI=1S/C22H19F4NO3/c23-17-15(6-7-16(28)14-4-2-1-3-5-14)18(24)20(26)21(19(17)25)27-10-8-22(9-11-27)29-12-13-30-22/h1-7H,8-13H2. The third-order valence-electron chi connectivity index (χ3n) is 5.39. The third-order valence-corrected chi connectivity index (χ3v) is 5.39. The second-order valence-corrected chi connectivity index (χ2v) is 7.18. The fourth-order valence-corrected chi connectivity index (χ4v) is 3.78. The Morgan fingerprint density at radius 2 is 1.47 bits per heavy atom.